The fourth-order valence-corrected chi connectivity index (χ4v) is 4.48. The van der Waals surface area contributed by atoms with Gasteiger partial charge in [-0.1, -0.05) is 32.9 Å². The predicted molar refractivity (Wildman–Crippen MR) is 79.3 cm³/mol. The lowest BCUT2D eigenvalue weighted by Crippen LogP contribution is -2.22. The molecule has 4 nitrogen and oxygen atoms in total. The van der Waals surface area contributed by atoms with Crippen molar-refractivity contribution in [2.24, 2.45) is 5.92 Å². The van der Waals surface area contributed by atoms with E-state index in [2.05, 4.69) is 43.2 Å². The van der Waals surface area contributed by atoms with Gasteiger partial charge in [-0.3, -0.25) is 0 Å². The highest BCUT2D eigenvalue weighted by Gasteiger charge is 2.29. The van der Waals surface area contributed by atoms with E-state index >= 15 is 0 Å². The lowest BCUT2D eigenvalue weighted by molar-refractivity contribution is 0.421. The molecule has 1 fully saturated rings. The second-order valence-electron chi connectivity index (χ2n) is 5.10. The van der Waals surface area contributed by atoms with Gasteiger partial charge in [0.25, 0.3) is 0 Å². The van der Waals surface area contributed by atoms with Gasteiger partial charge in [0.15, 0.2) is 5.82 Å². The molecule has 6 heteroatoms. The third kappa shape index (κ3) is 3.57. The normalized spacial score (nSPS) is 28.6. The van der Waals surface area contributed by atoms with Crippen LogP contribution in [0.15, 0.2) is 4.52 Å². The van der Waals surface area contributed by atoms with Gasteiger partial charge in [0.05, 0.1) is 5.25 Å². The van der Waals surface area contributed by atoms with E-state index in [0.29, 0.717) is 27.7 Å². The van der Waals surface area contributed by atoms with Gasteiger partial charge in [0.2, 0.25) is 0 Å². The van der Waals surface area contributed by atoms with Crippen molar-refractivity contribution in [3.63, 3.8) is 0 Å². The SMILES string of the molecule is CC(C)CNc1nc(C2CSC(C)C(C)S2)no1. The van der Waals surface area contributed by atoms with Crippen LogP contribution in [-0.2, 0) is 0 Å². The van der Waals surface area contributed by atoms with Crippen LogP contribution >= 0.6 is 23.5 Å². The van der Waals surface area contributed by atoms with Crippen LogP contribution in [0, 0.1) is 5.92 Å². The summed E-state index contributed by atoms with van der Waals surface area (Å²) in [7, 11) is 0. The van der Waals surface area contributed by atoms with Gasteiger partial charge in [-0.15, -0.1) is 11.8 Å². The van der Waals surface area contributed by atoms with Gasteiger partial charge < -0.3 is 9.84 Å². The Bertz CT molecular complexity index is 383. The van der Waals surface area contributed by atoms with Gasteiger partial charge in [-0.25, -0.2) is 0 Å². The molecule has 1 saturated heterocycles. The maximum Gasteiger partial charge on any atom is 0.321 e. The van der Waals surface area contributed by atoms with E-state index in [1.54, 1.807) is 0 Å². The molecular weight excluding hydrogens is 266 g/mol. The second kappa shape index (κ2) is 6.19. The van der Waals surface area contributed by atoms with Gasteiger partial charge in [0, 0.05) is 22.8 Å². The van der Waals surface area contributed by atoms with Crippen LogP contribution in [0.3, 0.4) is 0 Å². The zero-order chi connectivity index (χ0) is 13.1. The van der Waals surface area contributed by atoms with Crippen LogP contribution in [0.5, 0.6) is 0 Å². The Kier molecular flexibility index (Phi) is 4.84. The Morgan fingerprint density at radius 3 is 2.83 bits per heavy atom. The van der Waals surface area contributed by atoms with Crippen LogP contribution in [0.1, 0.15) is 38.8 Å². The molecule has 0 spiro atoms. The van der Waals surface area contributed by atoms with Crippen molar-refractivity contribution in [1.29, 1.82) is 0 Å². The lowest BCUT2D eigenvalue weighted by Gasteiger charge is -2.29. The predicted octanol–water partition coefficient (Wildman–Crippen LogP) is 3.44. The number of hydrogen-bond acceptors (Lipinski definition) is 6. The molecule has 0 aliphatic carbocycles. The fourth-order valence-electron chi connectivity index (χ4n) is 1.65. The molecule has 1 aromatic rings. The highest BCUT2D eigenvalue weighted by molar-refractivity contribution is 8.07. The van der Waals surface area contributed by atoms with E-state index < -0.39 is 0 Å². The van der Waals surface area contributed by atoms with E-state index in [4.69, 9.17) is 4.52 Å². The number of nitrogens with zero attached hydrogens (tertiary/aromatic N) is 2. The molecule has 1 N–H and O–H groups in total. The van der Waals surface area contributed by atoms with E-state index in [1.807, 2.05) is 23.5 Å². The molecule has 0 radical (unpaired) electrons. The maximum absolute atomic E-state index is 5.24. The quantitative estimate of drug-likeness (QED) is 0.915. The molecule has 3 atom stereocenters. The Morgan fingerprint density at radius 2 is 2.17 bits per heavy atom. The Balaban J connectivity index is 1.93. The van der Waals surface area contributed by atoms with Crippen molar-refractivity contribution in [3.8, 4) is 0 Å². The number of aromatic nitrogens is 2. The van der Waals surface area contributed by atoms with Crippen LogP contribution < -0.4 is 5.32 Å². The topological polar surface area (TPSA) is 51.0 Å². The van der Waals surface area contributed by atoms with Crippen molar-refractivity contribution in [1.82, 2.24) is 10.1 Å². The van der Waals surface area contributed by atoms with Crippen LogP contribution in [0.4, 0.5) is 6.01 Å². The minimum Gasteiger partial charge on any atom is -0.337 e. The summed E-state index contributed by atoms with van der Waals surface area (Å²) in [5, 5.41) is 8.97. The number of thioether (sulfide) groups is 2. The Hall–Kier alpha value is -0.360. The third-order valence-corrected chi connectivity index (χ3v) is 6.33. The first-order chi connectivity index (χ1) is 8.56. The van der Waals surface area contributed by atoms with Gasteiger partial charge >= 0.3 is 6.01 Å². The molecule has 2 rings (SSSR count). The number of rotatable bonds is 4. The van der Waals surface area contributed by atoms with Crippen molar-refractivity contribution in [3.05, 3.63) is 5.82 Å². The van der Waals surface area contributed by atoms with E-state index in [9.17, 15) is 0 Å². The van der Waals surface area contributed by atoms with E-state index in [-0.39, 0.29) is 0 Å². The van der Waals surface area contributed by atoms with E-state index in [1.165, 1.54) is 0 Å². The molecule has 102 valence electrons. The molecule has 3 unspecified atom stereocenters. The molecular formula is C12H21N3OS2. The average molecular weight is 287 g/mol. The summed E-state index contributed by atoms with van der Waals surface area (Å²) in [6.45, 7) is 9.72. The molecule has 0 aromatic carbocycles. The smallest absolute Gasteiger partial charge is 0.321 e. The highest BCUT2D eigenvalue weighted by atomic mass is 32.2. The largest absolute Gasteiger partial charge is 0.337 e. The summed E-state index contributed by atoms with van der Waals surface area (Å²) in [6, 6.07) is 0.551. The molecule has 0 amide bonds. The number of nitrogens with one attached hydrogen (secondary N) is 1. The summed E-state index contributed by atoms with van der Waals surface area (Å²) in [5.74, 6) is 2.47. The first kappa shape index (κ1) is 14.1. The fraction of sp³-hybridized carbons (Fsp3) is 0.833. The Morgan fingerprint density at radius 1 is 1.39 bits per heavy atom. The van der Waals surface area contributed by atoms with Crippen molar-refractivity contribution in [2.45, 2.75) is 43.4 Å². The first-order valence-electron chi connectivity index (χ1n) is 6.40. The summed E-state index contributed by atoms with van der Waals surface area (Å²) in [4.78, 5) is 4.44. The zero-order valence-electron chi connectivity index (χ0n) is 11.3. The van der Waals surface area contributed by atoms with Crippen molar-refractivity contribution in [2.75, 3.05) is 17.6 Å². The Labute approximate surface area is 117 Å². The minimum absolute atomic E-state index is 0.361. The highest BCUT2D eigenvalue weighted by Crippen LogP contribution is 2.43. The molecule has 0 bridgehead atoms. The molecule has 1 aliphatic rings. The van der Waals surface area contributed by atoms with Gasteiger partial charge in [-0.2, -0.15) is 16.7 Å². The maximum atomic E-state index is 5.24. The van der Waals surface area contributed by atoms with Crippen molar-refractivity contribution < 1.29 is 4.52 Å². The van der Waals surface area contributed by atoms with Crippen LogP contribution in [0.2, 0.25) is 0 Å². The molecule has 18 heavy (non-hydrogen) atoms. The summed E-state index contributed by atoms with van der Waals surface area (Å²) >= 11 is 3.95. The monoisotopic (exact) mass is 287 g/mol. The van der Waals surface area contributed by atoms with Gasteiger partial charge in [-0.05, 0) is 5.92 Å². The number of anilines is 1. The second-order valence-corrected chi connectivity index (χ2v) is 8.10. The first-order valence-corrected chi connectivity index (χ1v) is 8.40. The summed E-state index contributed by atoms with van der Waals surface area (Å²) in [6.07, 6.45) is 0. The lowest BCUT2D eigenvalue weighted by atomic mass is 10.2. The van der Waals surface area contributed by atoms with Gasteiger partial charge in [0.1, 0.15) is 0 Å². The molecule has 2 heterocycles. The van der Waals surface area contributed by atoms with Crippen LogP contribution in [-0.4, -0.2) is 32.9 Å². The third-order valence-electron chi connectivity index (χ3n) is 2.94. The van der Waals surface area contributed by atoms with Crippen molar-refractivity contribution >= 4 is 29.5 Å². The number of hydrogen-bond donors (Lipinski definition) is 1. The zero-order valence-corrected chi connectivity index (χ0v) is 13.0. The molecule has 1 aliphatic heterocycles. The summed E-state index contributed by atoms with van der Waals surface area (Å²) < 4.78 is 5.24. The standard InChI is InChI=1S/C12H21N3OS2/c1-7(2)5-13-12-14-11(15-16-12)10-6-17-8(3)9(4)18-10/h7-10H,5-6H2,1-4H3,(H,13,14,15). The average Bonchev–Trinajstić information content (AvgIpc) is 2.79. The van der Waals surface area contributed by atoms with Crippen LogP contribution in [0.25, 0.3) is 0 Å². The van der Waals surface area contributed by atoms with E-state index in [0.717, 1.165) is 18.1 Å². The molecule has 0 saturated carbocycles. The molecule has 1 aromatic heterocycles. The summed E-state index contributed by atoms with van der Waals surface area (Å²) in [5.41, 5.74) is 0. The minimum atomic E-state index is 0.361.